The predicted molar refractivity (Wildman–Crippen MR) is 94.2 cm³/mol. The molecule has 0 saturated carbocycles. The Morgan fingerprint density at radius 1 is 1.40 bits per heavy atom. The first-order valence-electron chi connectivity index (χ1n) is 7.69. The Labute approximate surface area is 153 Å². The molecule has 0 unspecified atom stereocenters. The molecule has 0 radical (unpaired) electrons. The molecule has 1 aromatic heterocycles. The Balaban J connectivity index is 1.57. The van der Waals surface area contributed by atoms with Crippen LogP contribution in [0.4, 0.5) is 5.13 Å². The van der Waals surface area contributed by atoms with Gasteiger partial charge in [0.2, 0.25) is 16.9 Å². The quantitative estimate of drug-likeness (QED) is 0.831. The van der Waals surface area contributed by atoms with Crippen LogP contribution in [-0.4, -0.2) is 40.6 Å². The van der Waals surface area contributed by atoms with E-state index in [2.05, 4.69) is 15.5 Å². The van der Waals surface area contributed by atoms with Crippen LogP contribution in [0.25, 0.3) is 0 Å². The van der Waals surface area contributed by atoms with Crippen molar-refractivity contribution >= 4 is 39.9 Å². The molecule has 1 aliphatic rings. The van der Waals surface area contributed by atoms with Gasteiger partial charge < -0.3 is 15.0 Å². The van der Waals surface area contributed by atoms with Crippen molar-refractivity contribution in [2.45, 2.75) is 19.6 Å². The van der Waals surface area contributed by atoms with Crippen molar-refractivity contribution in [3.63, 3.8) is 0 Å². The minimum Gasteiger partial charge on any atom is -0.377 e. The summed E-state index contributed by atoms with van der Waals surface area (Å²) >= 11 is 7.13. The van der Waals surface area contributed by atoms with Gasteiger partial charge in [0.15, 0.2) is 0 Å². The van der Waals surface area contributed by atoms with E-state index in [0.717, 1.165) is 5.56 Å². The zero-order valence-electron chi connectivity index (χ0n) is 13.6. The summed E-state index contributed by atoms with van der Waals surface area (Å²) in [6, 6.07) is 7.33. The number of amides is 2. The molecule has 1 N–H and O–H groups in total. The van der Waals surface area contributed by atoms with E-state index in [1.165, 1.54) is 11.3 Å². The normalized spacial score (nSPS) is 17.1. The highest BCUT2D eigenvalue weighted by Gasteiger charge is 2.34. The van der Waals surface area contributed by atoms with Crippen LogP contribution in [-0.2, 0) is 27.5 Å². The first-order chi connectivity index (χ1) is 12.0. The summed E-state index contributed by atoms with van der Waals surface area (Å²) in [7, 11) is 1.57. The Kier molecular flexibility index (Phi) is 5.62. The van der Waals surface area contributed by atoms with Crippen molar-refractivity contribution < 1.29 is 14.3 Å². The minimum atomic E-state index is -0.394. The molecule has 1 aliphatic heterocycles. The molecule has 0 spiro atoms. The molecule has 0 bridgehead atoms. The van der Waals surface area contributed by atoms with Gasteiger partial charge in [-0.05, 0) is 17.7 Å². The monoisotopic (exact) mass is 380 g/mol. The van der Waals surface area contributed by atoms with E-state index in [9.17, 15) is 9.59 Å². The highest BCUT2D eigenvalue weighted by Crippen LogP contribution is 2.23. The van der Waals surface area contributed by atoms with Gasteiger partial charge in [-0.3, -0.25) is 9.59 Å². The third kappa shape index (κ3) is 4.53. The Hall–Kier alpha value is -2.03. The van der Waals surface area contributed by atoms with E-state index in [1.807, 2.05) is 12.1 Å². The third-order valence-electron chi connectivity index (χ3n) is 3.84. The van der Waals surface area contributed by atoms with Crippen LogP contribution in [0.3, 0.4) is 0 Å². The van der Waals surface area contributed by atoms with E-state index < -0.39 is 5.92 Å². The molecule has 1 atom stereocenters. The van der Waals surface area contributed by atoms with E-state index in [1.54, 1.807) is 24.1 Å². The number of likely N-dealkylation sites (tertiary alicyclic amines) is 1. The van der Waals surface area contributed by atoms with Crippen molar-refractivity contribution in [3.05, 3.63) is 39.9 Å². The van der Waals surface area contributed by atoms with Crippen LogP contribution in [0.2, 0.25) is 5.02 Å². The van der Waals surface area contributed by atoms with Crippen molar-refractivity contribution in [1.82, 2.24) is 15.1 Å². The zero-order chi connectivity index (χ0) is 17.8. The lowest BCUT2D eigenvalue weighted by Gasteiger charge is -2.16. The molecule has 2 heterocycles. The predicted octanol–water partition coefficient (Wildman–Crippen LogP) is 2.33. The van der Waals surface area contributed by atoms with Crippen molar-refractivity contribution in [3.8, 4) is 0 Å². The molecule has 132 valence electrons. The fraction of sp³-hybridized carbons (Fsp3) is 0.375. The number of carbonyl (C=O) groups is 2. The Morgan fingerprint density at radius 3 is 2.88 bits per heavy atom. The van der Waals surface area contributed by atoms with Crippen LogP contribution in [0.1, 0.15) is 17.0 Å². The summed E-state index contributed by atoms with van der Waals surface area (Å²) in [6.07, 6.45) is 0.198. The summed E-state index contributed by atoms with van der Waals surface area (Å²) in [5.41, 5.74) is 0.979. The maximum Gasteiger partial charge on any atom is 0.231 e. The lowest BCUT2D eigenvalue weighted by Crippen LogP contribution is -2.28. The summed E-state index contributed by atoms with van der Waals surface area (Å²) in [6.45, 7) is 1.21. The molecule has 1 aromatic carbocycles. The summed E-state index contributed by atoms with van der Waals surface area (Å²) in [4.78, 5) is 26.2. The lowest BCUT2D eigenvalue weighted by atomic mass is 10.1. The van der Waals surface area contributed by atoms with Gasteiger partial charge in [-0.15, -0.1) is 10.2 Å². The number of carbonyl (C=O) groups excluding carboxylic acids is 2. The van der Waals surface area contributed by atoms with Crippen LogP contribution >= 0.6 is 22.9 Å². The molecular weight excluding hydrogens is 364 g/mol. The highest BCUT2D eigenvalue weighted by molar-refractivity contribution is 7.15. The van der Waals surface area contributed by atoms with Crippen LogP contribution in [0, 0.1) is 5.92 Å². The number of hydrogen-bond acceptors (Lipinski definition) is 6. The van der Waals surface area contributed by atoms with Crippen molar-refractivity contribution in [2.75, 3.05) is 19.0 Å². The topological polar surface area (TPSA) is 84.4 Å². The minimum absolute atomic E-state index is 0.0348. The second-order valence-electron chi connectivity index (χ2n) is 5.72. The van der Waals surface area contributed by atoms with Crippen LogP contribution in [0.15, 0.2) is 24.3 Å². The highest BCUT2D eigenvalue weighted by atomic mass is 35.5. The Morgan fingerprint density at radius 2 is 2.16 bits per heavy atom. The number of aromatic nitrogens is 2. The maximum atomic E-state index is 12.4. The van der Waals surface area contributed by atoms with E-state index in [4.69, 9.17) is 16.3 Å². The smallest absolute Gasteiger partial charge is 0.231 e. The number of hydrogen-bond donors (Lipinski definition) is 1. The number of ether oxygens (including phenoxy) is 1. The van der Waals surface area contributed by atoms with Gasteiger partial charge in [-0.2, -0.15) is 0 Å². The van der Waals surface area contributed by atoms with Gasteiger partial charge in [0.1, 0.15) is 11.6 Å². The van der Waals surface area contributed by atoms with Gasteiger partial charge in [0.05, 0.1) is 5.92 Å². The second kappa shape index (κ2) is 7.90. The SMILES string of the molecule is COCc1nnc(NC(=O)[C@@H]2CC(=O)N(Cc3ccc(Cl)cc3)C2)s1. The van der Waals surface area contributed by atoms with Gasteiger partial charge in [0.25, 0.3) is 0 Å². The van der Waals surface area contributed by atoms with E-state index >= 15 is 0 Å². The van der Waals surface area contributed by atoms with Gasteiger partial charge in [-0.1, -0.05) is 35.1 Å². The van der Waals surface area contributed by atoms with Crippen LogP contribution < -0.4 is 5.32 Å². The van der Waals surface area contributed by atoms with Gasteiger partial charge in [0, 0.05) is 31.6 Å². The molecule has 7 nitrogen and oxygen atoms in total. The largest absolute Gasteiger partial charge is 0.377 e. The van der Waals surface area contributed by atoms with Gasteiger partial charge >= 0.3 is 0 Å². The average molecular weight is 381 g/mol. The number of anilines is 1. The van der Waals surface area contributed by atoms with Crippen LogP contribution in [0.5, 0.6) is 0 Å². The second-order valence-corrected chi connectivity index (χ2v) is 7.22. The number of methoxy groups -OCH3 is 1. The van der Waals surface area contributed by atoms with E-state index in [-0.39, 0.29) is 18.2 Å². The first-order valence-corrected chi connectivity index (χ1v) is 8.89. The van der Waals surface area contributed by atoms with E-state index in [0.29, 0.717) is 34.9 Å². The third-order valence-corrected chi connectivity index (χ3v) is 4.90. The molecule has 2 amide bonds. The molecule has 1 fully saturated rings. The number of benzene rings is 1. The van der Waals surface area contributed by atoms with Crippen molar-refractivity contribution in [1.29, 1.82) is 0 Å². The van der Waals surface area contributed by atoms with Gasteiger partial charge in [-0.25, -0.2) is 0 Å². The number of nitrogens with zero attached hydrogens (tertiary/aromatic N) is 3. The Bertz CT molecular complexity index is 765. The number of nitrogens with one attached hydrogen (secondary N) is 1. The standard InChI is InChI=1S/C16H17ClN4O3S/c1-24-9-13-19-20-16(25-13)18-15(23)11-6-14(22)21(8-11)7-10-2-4-12(17)5-3-10/h2-5,11H,6-9H2,1H3,(H,18,20,23)/t11-/m1/s1. The molecule has 0 aliphatic carbocycles. The fourth-order valence-corrected chi connectivity index (χ4v) is 3.45. The number of halogens is 1. The maximum absolute atomic E-state index is 12.4. The molecule has 9 heteroatoms. The molecule has 2 aromatic rings. The zero-order valence-corrected chi connectivity index (χ0v) is 15.1. The lowest BCUT2D eigenvalue weighted by molar-refractivity contribution is -0.128. The number of rotatable bonds is 6. The molecule has 25 heavy (non-hydrogen) atoms. The summed E-state index contributed by atoms with van der Waals surface area (Å²) in [5.74, 6) is -0.644. The van der Waals surface area contributed by atoms with Crippen molar-refractivity contribution in [2.24, 2.45) is 5.92 Å². The molecular formula is C16H17ClN4O3S. The summed E-state index contributed by atoms with van der Waals surface area (Å²) < 4.78 is 4.97. The fourth-order valence-electron chi connectivity index (χ4n) is 2.60. The average Bonchev–Trinajstić information content (AvgIpc) is 3.17. The molecule has 3 rings (SSSR count). The first kappa shape index (κ1) is 17.8. The summed E-state index contributed by atoms with van der Waals surface area (Å²) in [5, 5.41) is 12.3. The molecule has 1 saturated heterocycles.